The summed E-state index contributed by atoms with van der Waals surface area (Å²) < 4.78 is 0. The van der Waals surface area contributed by atoms with Crippen molar-refractivity contribution in [1.82, 2.24) is 4.98 Å². The first-order valence-electron chi connectivity index (χ1n) is 6.37. The largest absolute Gasteiger partial charge is 0.480 e. The number of pyridine rings is 1. The van der Waals surface area contributed by atoms with Gasteiger partial charge in [-0.25, -0.2) is 4.98 Å². The van der Waals surface area contributed by atoms with Gasteiger partial charge < -0.3 is 10.0 Å². The smallest absolute Gasteiger partial charge is 0.323 e. The molecule has 0 amide bonds. The molecule has 0 bridgehead atoms. The minimum absolute atomic E-state index is 0.0436. The van der Waals surface area contributed by atoms with Crippen LogP contribution in [-0.2, 0) is 4.79 Å². The Kier molecular flexibility index (Phi) is 2.99. The molecule has 0 spiro atoms. The molecule has 0 aliphatic carbocycles. The van der Waals surface area contributed by atoms with Crippen molar-refractivity contribution in [2.24, 2.45) is 0 Å². The molecule has 100 valence electrons. The fourth-order valence-corrected chi connectivity index (χ4v) is 2.51. The molecule has 4 heteroatoms. The lowest BCUT2D eigenvalue weighted by Crippen LogP contribution is -2.25. The van der Waals surface area contributed by atoms with Gasteiger partial charge in [0.2, 0.25) is 0 Å². The monoisotopic (exact) mass is 266 g/mol. The molecule has 1 aromatic heterocycles. The molecule has 3 aromatic rings. The van der Waals surface area contributed by atoms with E-state index in [4.69, 9.17) is 5.11 Å². The number of hydrogen-bond donors (Lipinski definition) is 1. The SMILES string of the molecule is CN(CC(=O)O)c1c2ccccc2nc2ccccc12. The lowest BCUT2D eigenvalue weighted by molar-refractivity contribution is -0.135. The van der Waals surface area contributed by atoms with Gasteiger partial charge in [0.05, 0.1) is 16.7 Å². The molecule has 0 fully saturated rings. The van der Waals surface area contributed by atoms with E-state index in [0.29, 0.717) is 0 Å². The van der Waals surface area contributed by atoms with Gasteiger partial charge in [0, 0.05) is 17.8 Å². The van der Waals surface area contributed by atoms with Gasteiger partial charge in [0.15, 0.2) is 0 Å². The zero-order valence-electron chi connectivity index (χ0n) is 11.1. The highest BCUT2D eigenvalue weighted by atomic mass is 16.4. The second kappa shape index (κ2) is 4.81. The summed E-state index contributed by atoms with van der Waals surface area (Å²) in [7, 11) is 1.79. The van der Waals surface area contributed by atoms with Crippen molar-refractivity contribution < 1.29 is 9.90 Å². The normalized spacial score (nSPS) is 10.8. The van der Waals surface area contributed by atoms with E-state index in [9.17, 15) is 4.79 Å². The van der Waals surface area contributed by atoms with Gasteiger partial charge in [0.1, 0.15) is 6.54 Å². The second-order valence-electron chi connectivity index (χ2n) is 4.74. The fraction of sp³-hybridized carbons (Fsp3) is 0.125. The van der Waals surface area contributed by atoms with Crippen LogP contribution in [0.2, 0.25) is 0 Å². The Morgan fingerprint density at radius 3 is 2.05 bits per heavy atom. The number of nitrogens with zero attached hydrogens (tertiary/aromatic N) is 2. The molecule has 0 aliphatic rings. The van der Waals surface area contributed by atoms with E-state index in [0.717, 1.165) is 27.5 Å². The third-order valence-corrected chi connectivity index (χ3v) is 3.31. The molecular weight excluding hydrogens is 252 g/mol. The number of para-hydroxylation sites is 2. The number of aliphatic carboxylic acids is 1. The standard InChI is InChI=1S/C16H14N2O2/c1-18(10-15(19)20)16-11-6-2-4-8-13(11)17-14-9-5-3-7-12(14)16/h2-9H,10H2,1H3,(H,19,20). The van der Waals surface area contributed by atoms with Gasteiger partial charge in [-0.1, -0.05) is 36.4 Å². The number of hydrogen-bond acceptors (Lipinski definition) is 3. The second-order valence-corrected chi connectivity index (χ2v) is 4.74. The first-order valence-corrected chi connectivity index (χ1v) is 6.37. The molecule has 0 atom stereocenters. The summed E-state index contributed by atoms with van der Waals surface area (Å²) in [5.41, 5.74) is 2.66. The van der Waals surface area contributed by atoms with E-state index in [2.05, 4.69) is 4.98 Å². The summed E-state index contributed by atoms with van der Waals surface area (Å²) >= 11 is 0. The molecule has 0 aliphatic heterocycles. The average Bonchev–Trinajstić information content (AvgIpc) is 2.43. The maximum absolute atomic E-state index is 11.0. The van der Waals surface area contributed by atoms with Crippen LogP contribution in [0.25, 0.3) is 21.8 Å². The van der Waals surface area contributed by atoms with E-state index < -0.39 is 5.97 Å². The number of anilines is 1. The summed E-state index contributed by atoms with van der Waals surface area (Å²) in [6.07, 6.45) is 0. The molecule has 0 radical (unpaired) electrons. The molecular formula is C16H14N2O2. The van der Waals surface area contributed by atoms with Gasteiger partial charge in [-0.2, -0.15) is 0 Å². The van der Waals surface area contributed by atoms with Crippen molar-refractivity contribution in [3.8, 4) is 0 Å². The van der Waals surface area contributed by atoms with Crippen LogP contribution in [0.15, 0.2) is 48.5 Å². The molecule has 0 unspecified atom stereocenters. The van der Waals surface area contributed by atoms with Crippen LogP contribution in [0, 0.1) is 0 Å². The Balaban J connectivity index is 2.35. The summed E-state index contributed by atoms with van der Waals surface area (Å²) in [5, 5.41) is 11.0. The topological polar surface area (TPSA) is 53.4 Å². The van der Waals surface area contributed by atoms with Crippen LogP contribution in [0.1, 0.15) is 0 Å². The molecule has 4 nitrogen and oxygen atoms in total. The van der Waals surface area contributed by atoms with Gasteiger partial charge in [-0.15, -0.1) is 0 Å². The third kappa shape index (κ3) is 2.05. The zero-order valence-corrected chi connectivity index (χ0v) is 11.1. The molecule has 0 saturated carbocycles. The fourth-order valence-electron chi connectivity index (χ4n) is 2.51. The minimum atomic E-state index is -0.850. The Hall–Kier alpha value is -2.62. The predicted octanol–water partition coefficient (Wildman–Crippen LogP) is 2.91. The highest BCUT2D eigenvalue weighted by molar-refractivity contribution is 6.08. The molecule has 1 heterocycles. The number of rotatable bonds is 3. The molecule has 1 N–H and O–H groups in total. The van der Waals surface area contributed by atoms with Crippen molar-refractivity contribution in [2.75, 3.05) is 18.5 Å². The quantitative estimate of drug-likeness (QED) is 0.741. The molecule has 0 saturated heterocycles. The minimum Gasteiger partial charge on any atom is -0.480 e. The Morgan fingerprint density at radius 2 is 1.55 bits per heavy atom. The lowest BCUT2D eigenvalue weighted by Gasteiger charge is -2.21. The van der Waals surface area contributed by atoms with E-state index >= 15 is 0 Å². The Bertz CT molecular complexity index is 745. The van der Waals surface area contributed by atoms with E-state index in [1.54, 1.807) is 11.9 Å². The summed E-state index contributed by atoms with van der Waals surface area (Å²) in [5.74, 6) is -0.850. The van der Waals surface area contributed by atoms with Gasteiger partial charge >= 0.3 is 5.97 Å². The van der Waals surface area contributed by atoms with Gasteiger partial charge in [-0.3, -0.25) is 4.79 Å². The van der Waals surface area contributed by atoms with Crippen LogP contribution >= 0.6 is 0 Å². The summed E-state index contributed by atoms with van der Waals surface area (Å²) in [6, 6.07) is 15.6. The first-order chi connectivity index (χ1) is 9.66. The van der Waals surface area contributed by atoms with Crippen molar-refractivity contribution in [3.05, 3.63) is 48.5 Å². The maximum Gasteiger partial charge on any atom is 0.323 e. The zero-order chi connectivity index (χ0) is 14.1. The lowest BCUT2D eigenvalue weighted by atomic mass is 10.1. The third-order valence-electron chi connectivity index (χ3n) is 3.31. The highest BCUT2D eigenvalue weighted by Crippen LogP contribution is 2.32. The Labute approximate surface area is 116 Å². The van der Waals surface area contributed by atoms with Crippen molar-refractivity contribution in [3.63, 3.8) is 0 Å². The highest BCUT2D eigenvalue weighted by Gasteiger charge is 2.14. The number of aromatic nitrogens is 1. The van der Waals surface area contributed by atoms with Crippen molar-refractivity contribution in [1.29, 1.82) is 0 Å². The van der Waals surface area contributed by atoms with Crippen LogP contribution in [-0.4, -0.2) is 29.7 Å². The number of fused-ring (bicyclic) bond motifs is 2. The number of carbonyl (C=O) groups is 1. The summed E-state index contributed by atoms with van der Waals surface area (Å²) in [4.78, 5) is 17.4. The number of likely N-dealkylation sites (N-methyl/N-ethyl adjacent to an activating group) is 1. The van der Waals surface area contributed by atoms with E-state index in [1.165, 1.54) is 0 Å². The molecule has 3 rings (SSSR count). The Morgan fingerprint density at radius 1 is 1.05 bits per heavy atom. The van der Waals surface area contributed by atoms with Crippen LogP contribution in [0.5, 0.6) is 0 Å². The number of carboxylic acids is 1. The van der Waals surface area contributed by atoms with Crippen LogP contribution in [0.3, 0.4) is 0 Å². The van der Waals surface area contributed by atoms with E-state index in [1.807, 2.05) is 48.5 Å². The van der Waals surface area contributed by atoms with Gasteiger partial charge in [0.25, 0.3) is 0 Å². The maximum atomic E-state index is 11.0. The van der Waals surface area contributed by atoms with Crippen molar-refractivity contribution in [2.45, 2.75) is 0 Å². The van der Waals surface area contributed by atoms with Gasteiger partial charge in [-0.05, 0) is 12.1 Å². The van der Waals surface area contributed by atoms with Crippen LogP contribution < -0.4 is 4.90 Å². The molecule has 20 heavy (non-hydrogen) atoms. The first kappa shape index (κ1) is 12.4. The van der Waals surface area contributed by atoms with Crippen LogP contribution in [0.4, 0.5) is 5.69 Å². The number of carboxylic acid groups (broad SMARTS) is 1. The number of benzene rings is 2. The van der Waals surface area contributed by atoms with E-state index in [-0.39, 0.29) is 6.54 Å². The summed E-state index contributed by atoms with van der Waals surface area (Å²) in [6.45, 7) is -0.0436. The van der Waals surface area contributed by atoms with Crippen molar-refractivity contribution >= 4 is 33.5 Å². The molecule has 2 aromatic carbocycles. The predicted molar refractivity (Wildman–Crippen MR) is 80.2 cm³/mol. The average molecular weight is 266 g/mol.